The largest absolute Gasteiger partial charge is 0.504 e. The summed E-state index contributed by atoms with van der Waals surface area (Å²) >= 11 is 0. The van der Waals surface area contributed by atoms with Crippen molar-refractivity contribution < 1.29 is 18.9 Å². The van der Waals surface area contributed by atoms with E-state index >= 15 is 0 Å². The fourth-order valence-corrected chi connectivity index (χ4v) is 5.35. The number of aromatic hydroxyl groups is 1. The predicted octanol–water partition coefficient (Wildman–Crippen LogP) is 2.55. The highest BCUT2D eigenvalue weighted by Crippen LogP contribution is 2.34. The van der Waals surface area contributed by atoms with Gasteiger partial charge < -0.3 is 15.3 Å². The maximum Gasteiger partial charge on any atom is 0.274 e. The van der Waals surface area contributed by atoms with Crippen LogP contribution in [0, 0.1) is 0 Å². The van der Waals surface area contributed by atoms with Gasteiger partial charge in [-0.15, -0.1) is 0 Å². The molecule has 35 heavy (non-hydrogen) atoms. The van der Waals surface area contributed by atoms with Crippen LogP contribution >= 0.6 is 0 Å². The molecular formula is C25H29N5O4S. The van der Waals surface area contributed by atoms with Crippen molar-refractivity contribution in [3.63, 3.8) is 0 Å². The van der Waals surface area contributed by atoms with Crippen molar-refractivity contribution in [3.8, 4) is 5.75 Å². The van der Waals surface area contributed by atoms with Crippen LogP contribution < -0.4 is 9.62 Å². The quantitative estimate of drug-likeness (QED) is 0.543. The molecule has 0 saturated carbocycles. The lowest BCUT2D eigenvalue weighted by atomic mass is 10.0. The molecule has 3 aromatic rings. The number of anilines is 1. The number of rotatable bonds is 6. The molecule has 2 aromatic heterocycles. The van der Waals surface area contributed by atoms with Gasteiger partial charge in [0, 0.05) is 44.5 Å². The van der Waals surface area contributed by atoms with Crippen LogP contribution in [0.4, 0.5) is 5.82 Å². The van der Waals surface area contributed by atoms with E-state index in [4.69, 9.17) is 0 Å². The maximum absolute atomic E-state index is 13.2. The van der Waals surface area contributed by atoms with E-state index in [2.05, 4.69) is 15.3 Å². The second kappa shape index (κ2) is 10.8. The molecule has 1 fully saturated rings. The molecule has 4 rings (SSSR count). The molecule has 0 bridgehead atoms. The normalized spacial score (nSPS) is 16.1. The van der Waals surface area contributed by atoms with Crippen molar-refractivity contribution in [3.05, 3.63) is 59.4 Å². The number of nitrogens with one attached hydrogen (secondary N) is 1. The average Bonchev–Trinajstić information content (AvgIpc) is 3.07. The molecule has 1 saturated heterocycles. The SMILES string of the molecule is CN(C)C(=O)Cc1ccccc1CNC(=O)c1nc(N2CCCCCS2=O)c2cccnc2c1O. The van der Waals surface area contributed by atoms with Gasteiger partial charge in [-0.2, -0.15) is 0 Å². The third kappa shape index (κ3) is 5.43. The zero-order valence-corrected chi connectivity index (χ0v) is 20.7. The highest BCUT2D eigenvalue weighted by molar-refractivity contribution is 7.86. The Bertz CT molecular complexity index is 1280. The van der Waals surface area contributed by atoms with Crippen LogP contribution in [0.5, 0.6) is 5.75 Å². The molecule has 1 aliphatic heterocycles. The van der Waals surface area contributed by atoms with E-state index in [0.717, 1.165) is 30.4 Å². The molecule has 184 valence electrons. The van der Waals surface area contributed by atoms with Crippen LogP contribution in [0.15, 0.2) is 42.6 Å². The summed E-state index contributed by atoms with van der Waals surface area (Å²) in [6.45, 7) is 0.699. The third-order valence-electron chi connectivity index (χ3n) is 5.99. The van der Waals surface area contributed by atoms with Gasteiger partial charge in [-0.3, -0.25) is 18.9 Å². The highest BCUT2D eigenvalue weighted by atomic mass is 32.2. The zero-order chi connectivity index (χ0) is 24.9. The Morgan fingerprint density at radius 2 is 1.89 bits per heavy atom. The fraction of sp³-hybridized carbons (Fsp3) is 0.360. The van der Waals surface area contributed by atoms with Crippen molar-refractivity contribution >= 4 is 39.5 Å². The zero-order valence-electron chi connectivity index (χ0n) is 19.9. The smallest absolute Gasteiger partial charge is 0.274 e. The van der Waals surface area contributed by atoms with Crippen molar-refractivity contribution in [2.24, 2.45) is 0 Å². The van der Waals surface area contributed by atoms with Gasteiger partial charge in [0.05, 0.1) is 6.42 Å². The molecule has 1 aliphatic rings. The van der Waals surface area contributed by atoms with E-state index in [0.29, 0.717) is 23.5 Å². The van der Waals surface area contributed by atoms with Gasteiger partial charge in [-0.05, 0) is 36.1 Å². The number of aromatic nitrogens is 2. The molecule has 0 spiro atoms. The van der Waals surface area contributed by atoms with Crippen LogP contribution in [-0.4, -0.2) is 62.4 Å². The Balaban J connectivity index is 1.64. The van der Waals surface area contributed by atoms with Crippen molar-refractivity contribution in [1.29, 1.82) is 0 Å². The van der Waals surface area contributed by atoms with Gasteiger partial charge in [0.15, 0.2) is 17.3 Å². The molecule has 1 atom stereocenters. The molecule has 0 radical (unpaired) electrons. The molecule has 10 heteroatoms. The summed E-state index contributed by atoms with van der Waals surface area (Å²) in [6, 6.07) is 10.9. The maximum atomic E-state index is 13.2. The van der Waals surface area contributed by atoms with E-state index in [-0.39, 0.29) is 35.8 Å². The molecule has 9 nitrogen and oxygen atoms in total. The monoisotopic (exact) mass is 495 g/mol. The molecule has 2 N–H and O–H groups in total. The highest BCUT2D eigenvalue weighted by Gasteiger charge is 2.26. The van der Waals surface area contributed by atoms with Crippen molar-refractivity contribution in [2.45, 2.75) is 32.2 Å². The van der Waals surface area contributed by atoms with Crippen molar-refractivity contribution in [1.82, 2.24) is 20.2 Å². The number of fused-ring (bicyclic) bond motifs is 1. The number of benzene rings is 1. The Hall–Kier alpha value is -3.53. The van der Waals surface area contributed by atoms with Gasteiger partial charge in [-0.25, -0.2) is 9.19 Å². The molecule has 3 heterocycles. The van der Waals surface area contributed by atoms with Gasteiger partial charge in [-0.1, -0.05) is 30.7 Å². The van der Waals surface area contributed by atoms with Gasteiger partial charge in [0.1, 0.15) is 16.5 Å². The summed E-state index contributed by atoms with van der Waals surface area (Å²) in [4.78, 5) is 35.7. The van der Waals surface area contributed by atoms with E-state index in [1.807, 2.05) is 24.3 Å². The summed E-state index contributed by atoms with van der Waals surface area (Å²) in [5.41, 5.74) is 1.67. The number of carbonyl (C=O) groups is 2. The van der Waals surface area contributed by atoms with E-state index < -0.39 is 16.9 Å². The summed E-state index contributed by atoms with van der Waals surface area (Å²) in [7, 11) is 2.11. The number of likely N-dealkylation sites (N-methyl/N-ethyl adjacent to an activating group) is 1. The summed E-state index contributed by atoms with van der Waals surface area (Å²) in [6.07, 6.45) is 4.44. The molecule has 0 aliphatic carbocycles. The minimum Gasteiger partial charge on any atom is -0.504 e. The first kappa shape index (κ1) is 24.6. The number of pyridine rings is 2. The minimum atomic E-state index is -1.28. The predicted molar refractivity (Wildman–Crippen MR) is 135 cm³/mol. The number of hydrogen-bond donors (Lipinski definition) is 2. The third-order valence-corrected chi connectivity index (χ3v) is 7.48. The lowest BCUT2D eigenvalue weighted by molar-refractivity contribution is -0.127. The van der Waals surface area contributed by atoms with E-state index in [1.54, 1.807) is 30.5 Å². The number of carbonyl (C=O) groups excluding carboxylic acids is 2. The molecule has 2 amide bonds. The Morgan fingerprint density at radius 3 is 2.66 bits per heavy atom. The van der Waals surface area contributed by atoms with Crippen LogP contribution in [0.2, 0.25) is 0 Å². The van der Waals surface area contributed by atoms with Crippen LogP contribution in [0.25, 0.3) is 10.9 Å². The second-order valence-corrected chi connectivity index (χ2v) is 10.1. The average molecular weight is 496 g/mol. The van der Waals surface area contributed by atoms with Crippen LogP contribution in [0.1, 0.15) is 40.9 Å². The van der Waals surface area contributed by atoms with Crippen LogP contribution in [0.3, 0.4) is 0 Å². The second-order valence-electron chi connectivity index (χ2n) is 8.64. The summed E-state index contributed by atoms with van der Waals surface area (Å²) in [5.74, 6) is -0.0369. The molecule has 1 unspecified atom stereocenters. The first-order valence-corrected chi connectivity index (χ1v) is 12.8. The standard InChI is InChI=1S/C25H29N5O4S/c1-29(2)20(31)15-17-9-4-5-10-18(17)16-27-25(33)22-23(32)21-19(11-8-12-26-21)24(28-22)30-13-6-3-7-14-35(30)34/h4-5,8-12,32H,3,6-7,13-16H2,1-2H3,(H,27,33). The van der Waals surface area contributed by atoms with E-state index in [9.17, 15) is 18.9 Å². The Labute approximate surface area is 206 Å². The van der Waals surface area contributed by atoms with Gasteiger partial charge in [0.2, 0.25) is 5.91 Å². The Morgan fingerprint density at radius 1 is 1.11 bits per heavy atom. The topological polar surface area (TPSA) is 116 Å². The molecule has 1 aromatic carbocycles. The number of amides is 2. The first-order valence-electron chi connectivity index (χ1n) is 11.6. The molecular weight excluding hydrogens is 466 g/mol. The van der Waals surface area contributed by atoms with Crippen molar-refractivity contribution in [2.75, 3.05) is 30.7 Å². The first-order chi connectivity index (χ1) is 16.9. The van der Waals surface area contributed by atoms with Crippen LogP contribution in [-0.2, 0) is 28.7 Å². The van der Waals surface area contributed by atoms with E-state index in [1.165, 1.54) is 11.1 Å². The summed E-state index contributed by atoms with van der Waals surface area (Å²) in [5, 5.41) is 14.2. The minimum absolute atomic E-state index is 0.0428. The lowest BCUT2D eigenvalue weighted by Crippen LogP contribution is -2.30. The Kier molecular flexibility index (Phi) is 7.60. The summed E-state index contributed by atoms with van der Waals surface area (Å²) < 4.78 is 14.6. The number of hydrogen-bond acceptors (Lipinski definition) is 6. The fourth-order valence-electron chi connectivity index (χ4n) is 4.01. The lowest BCUT2D eigenvalue weighted by Gasteiger charge is -2.22. The number of nitrogens with zero attached hydrogens (tertiary/aromatic N) is 4. The van der Waals surface area contributed by atoms with Gasteiger partial charge >= 0.3 is 0 Å². The van der Waals surface area contributed by atoms with Gasteiger partial charge in [0.25, 0.3) is 5.91 Å².